The van der Waals surface area contributed by atoms with E-state index in [0.29, 0.717) is 0 Å². The number of amides is 1. The van der Waals surface area contributed by atoms with Crippen LogP contribution in [0.5, 0.6) is 0 Å². The highest BCUT2D eigenvalue weighted by Gasteiger charge is 2.27. The molecule has 0 radical (unpaired) electrons. The summed E-state index contributed by atoms with van der Waals surface area (Å²) in [6, 6.07) is 0. The highest BCUT2D eigenvalue weighted by molar-refractivity contribution is 5.67. The van der Waals surface area contributed by atoms with Crippen molar-refractivity contribution in [2.24, 2.45) is 0 Å². The first-order valence-corrected chi connectivity index (χ1v) is 4.73. The fourth-order valence-electron chi connectivity index (χ4n) is 1.05. The predicted octanol–water partition coefficient (Wildman–Crippen LogP) is 2.02. The molecule has 0 aliphatic heterocycles. The van der Waals surface area contributed by atoms with Gasteiger partial charge in [0.15, 0.2) is 0 Å². The molecule has 70 valence electrons. The molecular weight excluding hydrogens is 154 g/mol. The second-order valence-corrected chi connectivity index (χ2v) is 3.16. The Morgan fingerprint density at radius 1 is 1.50 bits per heavy atom. The van der Waals surface area contributed by atoms with Gasteiger partial charge in [-0.15, -0.1) is 0 Å². The molecule has 12 heavy (non-hydrogen) atoms. The topological polar surface area (TPSA) is 29.5 Å². The van der Waals surface area contributed by atoms with E-state index in [9.17, 15) is 4.79 Å². The van der Waals surface area contributed by atoms with Gasteiger partial charge in [0.05, 0.1) is 0 Å². The zero-order chi connectivity index (χ0) is 8.97. The van der Waals surface area contributed by atoms with Crippen LogP contribution in [0.2, 0.25) is 0 Å². The molecule has 0 saturated heterocycles. The summed E-state index contributed by atoms with van der Waals surface area (Å²) < 4.78 is 5.15. The minimum Gasteiger partial charge on any atom is -0.446 e. The monoisotopic (exact) mass is 171 g/mol. The number of rotatable bonds is 4. The molecule has 1 aliphatic carbocycles. The molecule has 0 spiro atoms. The van der Waals surface area contributed by atoms with Gasteiger partial charge in [-0.1, -0.05) is 6.92 Å². The van der Waals surface area contributed by atoms with E-state index in [4.69, 9.17) is 4.74 Å². The lowest BCUT2D eigenvalue weighted by molar-refractivity contribution is 0.0977. The van der Waals surface area contributed by atoms with E-state index >= 15 is 0 Å². The lowest BCUT2D eigenvalue weighted by Crippen LogP contribution is -2.32. The lowest BCUT2D eigenvalue weighted by Gasteiger charge is -2.19. The standard InChI is InChI=1S/C9H17NO2/c1-3-7-10(4-2)9(11)12-8-5-6-8/h8H,3-7H2,1-2H3. The van der Waals surface area contributed by atoms with Gasteiger partial charge in [-0.2, -0.15) is 0 Å². The molecule has 0 aromatic carbocycles. The summed E-state index contributed by atoms with van der Waals surface area (Å²) >= 11 is 0. The second-order valence-electron chi connectivity index (χ2n) is 3.16. The number of hydrogen-bond acceptors (Lipinski definition) is 2. The van der Waals surface area contributed by atoms with Crippen molar-refractivity contribution < 1.29 is 9.53 Å². The molecule has 0 atom stereocenters. The largest absolute Gasteiger partial charge is 0.446 e. The van der Waals surface area contributed by atoms with Gasteiger partial charge in [0, 0.05) is 13.1 Å². The van der Waals surface area contributed by atoms with E-state index in [1.807, 2.05) is 6.92 Å². The normalized spacial score (nSPS) is 15.8. The van der Waals surface area contributed by atoms with Gasteiger partial charge in [0.25, 0.3) is 0 Å². The summed E-state index contributed by atoms with van der Waals surface area (Å²) in [5.74, 6) is 0. The van der Waals surface area contributed by atoms with Crippen LogP contribution in [0.1, 0.15) is 33.1 Å². The molecule has 1 saturated carbocycles. The van der Waals surface area contributed by atoms with Crippen LogP contribution < -0.4 is 0 Å². The van der Waals surface area contributed by atoms with Gasteiger partial charge < -0.3 is 9.64 Å². The lowest BCUT2D eigenvalue weighted by atomic mass is 10.4. The molecule has 0 heterocycles. The van der Waals surface area contributed by atoms with Crippen LogP contribution in [0, 0.1) is 0 Å². The molecule has 0 aromatic rings. The summed E-state index contributed by atoms with van der Waals surface area (Å²) in [6.07, 6.45) is 3.18. The molecule has 1 amide bonds. The molecule has 0 N–H and O–H groups in total. The first-order chi connectivity index (χ1) is 5.77. The maximum absolute atomic E-state index is 11.3. The van der Waals surface area contributed by atoms with Gasteiger partial charge in [0.2, 0.25) is 0 Å². The van der Waals surface area contributed by atoms with Crippen molar-refractivity contribution >= 4 is 6.09 Å². The van der Waals surface area contributed by atoms with E-state index in [-0.39, 0.29) is 12.2 Å². The number of nitrogens with zero attached hydrogens (tertiary/aromatic N) is 1. The van der Waals surface area contributed by atoms with Crippen LogP contribution in [-0.2, 0) is 4.74 Å². The number of ether oxygens (including phenoxy) is 1. The smallest absolute Gasteiger partial charge is 0.410 e. The minimum absolute atomic E-state index is 0.137. The number of carbonyl (C=O) groups excluding carboxylic acids is 1. The van der Waals surface area contributed by atoms with Crippen molar-refractivity contribution in [3.63, 3.8) is 0 Å². The predicted molar refractivity (Wildman–Crippen MR) is 47.0 cm³/mol. The highest BCUT2D eigenvalue weighted by Crippen LogP contribution is 2.24. The molecule has 1 fully saturated rings. The molecule has 1 aliphatic rings. The summed E-state index contributed by atoms with van der Waals surface area (Å²) in [6.45, 7) is 5.60. The van der Waals surface area contributed by atoms with E-state index in [2.05, 4.69) is 6.92 Å². The number of hydrogen-bond donors (Lipinski definition) is 0. The molecular formula is C9H17NO2. The molecule has 0 aromatic heterocycles. The van der Waals surface area contributed by atoms with Crippen molar-refractivity contribution in [3.05, 3.63) is 0 Å². The third-order valence-corrected chi connectivity index (χ3v) is 1.93. The second kappa shape index (κ2) is 4.33. The Labute approximate surface area is 73.7 Å². The van der Waals surface area contributed by atoms with Gasteiger partial charge in [-0.25, -0.2) is 4.79 Å². The van der Waals surface area contributed by atoms with E-state index in [1.165, 1.54) is 0 Å². The first kappa shape index (κ1) is 9.36. The maximum atomic E-state index is 11.3. The Morgan fingerprint density at radius 2 is 2.17 bits per heavy atom. The minimum atomic E-state index is -0.137. The van der Waals surface area contributed by atoms with E-state index < -0.39 is 0 Å². The maximum Gasteiger partial charge on any atom is 0.410 e. The van der Waals surface area contributed by atoms with Gasteiger partial charge in [0.1, 0.15) is 6.10 Å². The van der Waals surface area contributed by atoms with Crippen LogP contribution in [0.25, 0.3) is 0 Å². The quantitative estimate of drug-likeness (QED) is 0.647. The van der Waals surface area contributed by atoms with Crippen LogP contribution >= 0.6 is 0 Å². The van der Waals surface area contributed by atoms with Gasteiger partial charge in [-0.05, 0) is 26.2 Å². The third-order valence-electron chi connectivity index (χ3n) is 1.93. The Kier molecular flexibility index (Phi) is 3.38. The Balaban J connectivity index is 2.24. The molecule has 0 bridgehead atoms. The third kappa shape index (κ3) is 2.72. The summed E-state index contributed by atoms with van der Waals surface area (Å²) in [5, 5.41) is 0. The van der Waals surface area contributed by atoms with Gasteiger partial charge in [-0.3, -0.25) is 0 Å². The highest BCUT2D eigenvalue weighted by atomic mass is 16.6. The molecule has 0 unspecified atom stereocenters. The van der Waals surface area contributed by atoms with E-state index in [0.717, 1.165) is 32.4 Å². The Bertz CT molecular complexity index is 155. The number of carbonyl (C=O) groups is 1. The van der Waals surface area contributed by atoms with Crippen LogP contribution in [0.3, 0.4) is 0 Å². The average molecular weight is 171 g/mol. The van der Waals surface area contributed by atoms with Crippen molar-refractivity contribution in [3.8, 4) is 0 Å². The zero-order valence-electron chi connectivity index (χ0n) is 7.88. The average Bonchev–Trinajstić information content (AvgIpc) is 2.83. The first-order valence-electron chi connectivity index (χ1n) is 4.73. The Morgan fingerprint density at radius 3 is 2.58 bits per heavy atom. The van der Waals surface area contributed by atoms with E-state index in [1.54, 1.807) is 4.90 Å². The van der Waals surface area contributed by atoms with Crippen LogP contribution in [-0.4, -0.2) is 30.2 Å². The van der Waals surface area contributed by atoms with Crippen molar-refractivity contribution in [1.29, 1.82) is 0 Å². The zero-order valence-corrected chi connectivity index (χ0v) is 7.88. The van der Waals surface area contributed by atoms with Crippen molar-refractivity contribution in [2.45, 2.75) is 39.2 Å². The molecule has 1 rings (SSSR count). The van der Waals surface area contributed by atoms with Crippen LogP contribution in [0.4, 0.5) is 4.79 Å². The summed E-state index contributed by atoms with van der Waals surface area (Å²) in [7, 11) is 0. The summed E-state index contributed by atoms with van der Waals surface area (Å²) in [5.41, 5.74) is 0. The molecule has 3 heteroatoms. The van der Waals surface area contributed by atoms with Crippen LogP contribution in [0.15, 0.2) is 0 Å². The summed E-state index contributed by atoms with van der Waals surface area (Å²) in [4.78, 5) is 13.1. The Hall–Kier alpha value is -0.730. The molecule has 3 nitrogen and oxygen atoms in total. The SMILES string of the molecule is CCCN(CC)C(=O)OC1CC1. The fourth-order valence-corrected chi connectivity index (χ4v) is 1.05. The van der Waals surface area contributed by atoms with Crippen molar-refractivity contribution in [1.82, 2.24) is 4.90 Å². The van der Waals surface area contributed by atoms with Crippen molar-refractivity contribution in [2.75, 3.05) is 13.1 Å². The van der Waals surface area contributed by atoms with Gasteiger partial charge >= 0.3 is 6.09 Å². The fraction of sp³-hybridized carbons (Fsp3) is 0.889.